The smallest absolute Gasteiger partial charge is 0.392 e. The highest BCUT2D eigenvalue weighted by molar-refractivity contribution is 5.42. The lowest BCUT2D eigenvalue weighted by molar-refractivity contribution is -0.119. The van der Waals surface area contributed by atoms with Gasteiger partial charge in [0.2, 0.25) is 0 Å². The number of aryl methyl sites for hydroxylation is 1. The number of aliphatic hydroxyl groups excluding tert-OH is 1. The van der Waals surface area contributed by atoms with Crippen LogP contribution in [0, 0.1) is 0 Å². The molecule has 0 spiro atoms. The lowest BCUT2D eigenvalue weighted by Crippen LogP contribution is -2.31. The maximum Gasteiger partial charge on any atom is 0.405 e. The summed E-state index contributed by atoms with van der Waals surface area (Å²) < 4.78 is 36.9. The van der Waals surface area contributed by atoms with Crippen molar-refractivity contribution in [3.63, 3.8) is 0 Å². The number of hydrogen-bond acceptors (Lipinski definition) is 3. The van der Waals surface area contributed by atoms with E-state index in [2.05, 4.69) is 4.98 Å². The second kappa shape index (κ2) is 6.04. The van der Waals surface area contributed by atoms with Crippen LogP contribution in [-0.2, 0) is 13.0 Å². The molecule has 102 valence electrons. The first-order valence-corrected chi connectivity index (χ1v) is 5.74. The number of halogens is 3. The first kappa shape index (κ1) is 14.8. The maximum atomic E-state index is 12.3. The van der Waals surface area contributed by atoms with Gasteiger partial charge in [0, 0.05) is 12.7 Å². The van der Waals surface area contributed by atoms with E-state index in [-0.39, 0.29) is 12.4 Å². The van der Waals surface area contributed by atoms with Crippen molar-refractivity contribution < 1.29 is 18.3 Å². The number of alkyl halides is 3. The van der Waals surface area contributed by atoms with Crippen LogP contribution in [0.2, 0.25) is 0 Å². The Kier molecular flexibility index (Phi) is 4.95. The lowest BCUT2D eigenvalue weighted by atomic mass is 10.1. The van der Waals surface area contributed by atoms with E-state index in [1.54, 1.807) is 6.07 Å². The van der Waals surface area contributed by atoms with Gasteiger partial charge in [0.25, 0.3) is 0 Å². The quantitative estimate of drug-likeness (QED) is 0.885. The van der Waals surface area contributed by atoms with Crippen LogP contribution in [-0.4, -0.2) is 29.9 Å². The molecule has 3 nitrogen and oxygen atoms in total. The summed E-state index contributed by atoms with van der Waals surface area (Å²) in [6.45, 7) is 0.707. The van der Waals surface area contributed by atoms with Crippen molar-refractivity contribution in [2.75, 3.05) is 18.5 Å². The molecule has 0 saturated heterocycles. The predicted molar refractivity (Wildman–Crippen MR) is 63.5 cm³/mol. The molecule has 0 aliphatic rings. The molecule has 0 saturated carbocycles. The zero-order valence-electron chi connectivity index (χ0n) is 10.5. The van der Waals surface area contributed by atoms with E-state index in [9.17, 15) is 13.2 Å². The Bertz CT molecular complexity index is 393. The lowest BCUT2D eigenvalue weighted by Gasteiger charge is -2.21. The van der Waals surface area contributed by atoms with E-state index < -0.39 is 12.7 Å². The molecule has 1 aromatic rings. The van der Waals surface area contributed by atoms with Crippen LogP contribution in [0.5, 0.6) is 0 Å². The Labute approximate surface area is 104 Å². The van der Waals surface area contributed by atoms with Gasteiger partial charge in [-0.2, -0.15) is 13.2 Å². The molecule has 0 aliphatic carbocycles. The minimum atomic E-state index is -4.27. The van der Waals surface area contributed by atoms with E-state index >= 15 is 0 Å². The summed E-state index contributed by atoms with van der Waals surface area (Å²) in [5, 5.41) is 9.10. The molecule has 0 aliphatic heterocycles. The Morgan fingerprint density at radius 1 is 1.33 bits per heavy atom. The summed E-state index contributed by atoms with van der Waals surface area (Å²) in [5.41, 5.74) is 1.28. The summed E-state index contributed by atoms with van der Waals surface area (Å²) in [7, 11) is 1.34. The van der Waals surface area contributed by atoms with Gasteiger partial charge >= 0.3 is 6.18 Å². The van der Waals surface area contributed by atoms with Gasteiger partial charge in [-0.25, -0.2) is 4.98 Å². The van der Waals surface area contributed by atoms with Crippen molar-refractivity contribution >= 4 is 5.82 Å². The van der Waals surface area contributed by atoms with Crippen LogP contribution in [0.4, 0.5) is 19.0 Å². The fourth-order valence-electron chi connectivity index (χ4n) is 1.65. The summed E-state index contributed by atoms with van der Waals surface area (Å²) in [6, 6.07) is 3.19. The van der Waals surface area contributed by atoms with Crippen molar-refractivity contribution in [2.45, 2.75) is 32.5 Å². The molecule has 1 heterocycles. The largest absolute Gasteiger partial charge is 0.405 e. The van der Waals surface area contributed by atoms with E-state index in [0.29, 0.717) is 17.7 Å². The molecule has 1 N–H and O–H groups in total. The molecular formula is C12H17F3N2O. The highest BCUT2D eigenvalue weighted by Crippen LogP contribution is 2.21. The van der Waals surface area contributed by atoms with Gasteiger partial charge in [0.15, 0.2) is 0 Å². The Hall–Kier alpha value is -1.30. The van der Waals surface area contributed by atoms with Crippen molar-refractivity contribution in [2.24, 2.45) is 0 Å². The predicted octanol–water partition coefficient (Wildman–Crippen LogP) is 2.52. The van der Waals surface area contributed by atoms with E-state index in [1.807, 2.05) is 6.92 Å². The van der Waals surface area contributed by atoms with Crippen molar-refractivity contribution in [1.29, 1.82) is 0 Å². The molecule has 1 aromatic heterocycles. The number of aliphatic hydroxyl groups is 1. The molecule has 18 heavy (non-hydrogen) atoms. The van der Waals surface area contributed by atoms with Gasteiger partial charge < -0.3 is 10.0 Å². The highest BCUT2D eigenvalue weighted by atomic mass is 19.4. The number of rotatable bonds is 5. The van der Waals surface area contributed by atoms with Crippen LogP contribution >= 0.6 is 0 Å². The van der Waals surface area contributed by atoms with Crippen LogP contribution < -0.4 is 4.90 Å². The third-order valence-corrected chi connectivity index (χ3v) is 2.42. The van der Waals surface area contributed by atoms with Gasteiger partial charge in [-0.15, -0.1) is 0 Å². The third kappa shape index (κ3) is 4.52. The Morgan fingerprint density at radius 3 is 2.50 bits per heavy atom. The fraction of sp³-hybridized carbons (Fsp3) is 0.583. The SMILES string of the molecule is CCCc1cc(CO)cc(N(C)CC(F)(F)F)n1. The second-order valence-corrected chi connectivity index (χ2v) is 4.20. The second-order valence-electron chi connectivity index (χ2n) is 4.20. The molecule has 0 unspecified atom stereocenters. The average Bonchev–Trinajstić information content (AvgIpc) is 2.26. The molecule has 0 atom stereocenters. The van der Waals surface area contributed by atoms with Gasteiger partial charge in [-0.05, 0) is 24.1 Å². The van der Waals surface area contributed by atoms with E-state index in [0.717, 1.165) is 11.3 Å². The fourth-order valence-corrected chi connectivity index (χ4v) is 1.65. The van der Waals surface area contributed by atoms with Gasteiger partial charge in [0.1, 0.15) is 12.4 Å². The molecule has 1 rings (SSSR count). The summed E-state index contributed by atoms with van der Waals surface area (Å²) in [4.78, 5) is 5.21. The van der Waals surface area contributed by atoms with Crippen LogP contribution in [0.25, 0.3) is 0 Å². The zero-order valence-corrected chi connectivity index (χ0v) is 10.5. The van der Waals surface area contributed by atoms with Crippen LogP contribution in [0.3, 0.4) is 0 Å². The Balaban J connectivity index is 2.96. The monoisotopic (exact) mass is 262 g/mol. The maximum absolute atomic E-state index is 12.3. The first-order valence-electron chi connectivity index (χ1n) is 5.74. The van der Waals surface area contributed by atoms with Gasteiger partial charge in [-0.1, -0.05) is 13.3 Å². The Morgan fingerprint density at radius 2 is 2.00 bits per heavy atom. The zero-order chi connectivity index (χ0) is 13.8. The standard InChI is InChI=1S/C12H17F3N2O/c1-3-4-10-5-9(7-18)6-11(16-10)17(2)8-12(13,14)15/h5-6,18H,3-4,7-8H2,1-2H3. The molecule has 0 bridgehead atoms. The molecule has 0 aromatic carbocycles. The number of nitrogens with zero attached hydrogens (tertiary/aromatic N) is 2. The van der Waals surface area contributed by atoms with Crippen LogP contribution in [0.15, 0.2) is 12.1 Å². The minimum Gasteiger partial charge on any atom is -0.392 e. The number of pyridine rings is 1. The van der Waals surface area contributed by atoms with Crippen LogP contribution in [0.1, 0.15) is 24.6 Å². The number of hydrogen-bond donors (Lipinski definition) is 1. The summed E-state index contributed by atoms with van der Waals surface area (Å²) >= 11 is 0. The molecular weight excluding hydrogens is 245 g/mol. The normalized spacial score (nSPS) is 11.7. The molecule has 0 radical (unpaired) electrons. The first-order chi connectivity index (χ1) is 8.35. The summed E-state index contributed by atoms with van der Waals surface area (Å²) in [6.07, 6.45) is -2.73. The number of aromatic nitrogens is 1. The number of anilines is 1. The van der Waals surface area contributed by atoms with Crippen molar-refractivity contribution in [1.82, 2.24) is 4.98 Å². The molecule has 0 amide bonds. The van der Waals surface area contributed by atoms with Crippen molar-refractivity contribution in [3.8, 4) is 0 Å². The minimum absolute atomic E-state index is 0.202. The highest BCUT2D eigenvalue weighted by Gasteiger charge is 2.29. The summed E-state index contributed by atoms with van der Waals surface area (Å²) in [5.74, 6) is 0.238. The van der Waals surface area contributed by atoms with E-state index in [1.165, 1.54) is 13.1 Å². The molecule has 6 heteroatoms. The van der Waals surface area contributed by atoms with Crippen molar-refractivity contribution in [3.05, 3.63) is 23.4 Å². The topological polar surface area (TPSA) is 36.4 Å². The average molecular weight is 262 g/mol. The molecule has 0 fully saturated rings. The van der Waals surface area contributed by atoms with Gasteiger partial charge in [-0.3, -0.25) is 0 Å². The van der Waals surface area contributed by atoms with E-state index in [4.69, 9.17) is 5.11 Å². The van der Waals surface area contributed by atoms with Gasteiger partial charge in [0.05, 0.1) is 6.61 Å². The third-order valence-electron chi connectivity index (χ3n) is 2.42.